The highest BCUT2D eigenvalue weighted by atomic mass is 16.3. The molecule has 0 spiro atoms. The summed E-state index contributed by atoms with van der Waals surface area (Å²) in [6.07, 6.45) is 20.0. The van der Waals surface area contributed by atoms with Gasteiger partial charge in [0, 0.05) is 0 Å². The maximum Gasteiger partial charge on any atom is 0.0542 e. The average Bonchev–Trinajstić information content (AvgIpc) is 2.59. The Hall–Kier alpha value is -0.0800. The van der Waals surface area contributed by atoms with Gasteiger partial charge >= 0.3 is 0 Å². The first-order valence-electron chi connectivity index (χ1n) is 11.5. The van der Waals surface area contributed by atoms with Gasteiger partial charge < -0.3 is 10.2 Å². The molecular weight excluding hydrogens is 308 g/mol. The molecule has 0 saturated carbocycles. The minimum atomic E-state index is -0.142. The minimum absolute atomic E-state index is 0.135. The quantitative estimate of drug-likeness (QED) is 0.244. The largest absolute Gasteiger partial charge is 0.393 e. The molecule has 0 fully saturated rings. The summed E-state index contributed by atoms with van der Waals surface area (Å²) in [5, 5.41) is 20.3. The van der Waals surface area contributed by atoms with Crippen LogP contribution < -0.4 is 0 Å². The Balaban J connectivity index is 3.49. The highest BCUT2D eigenvalue weighted by molar-refractivity contribution is 4.65. The maximum atomic E-state index is 10.2. The number of hydrogen-bond acceptors (Lipinski definition) is 2. The van der Waals surface area contributed by atoms with E-state index in [0.29, 0.717) is 5.92 Å². The fourth-order valence-corrected chi connectivity index (χ4v) is 3.64. The van der Waals surface area contributed by atoms with E-state index in [1.54, 1.807) is 0 Å². The van der Waals surface area contributed by atoms with E-state index in [0.717, 1.165) is 38.5 Å². The molecule has 0 aliphatic heterocycles. The summed E-state index contributed by atoms with van der Waals surface area (Å²) in [6, 6.07) is 0. The second kappa shape index (κ2) is 18.7. The average molecular weight is 357 g/mol. The molecule has 0 radical (unpaired) electrons. The standard InChI is InChI=1S/C23H48O2/c1-4-6-8-10-12-14-16-22(24)19-18-21(3)20-23(25)17-15-13-11-9-7-5-2/h21-25H,4-20H2,1-3H3. The number of aliphatic hydroxyl groups excluding tert-OH is 2. The van der Waals surface area contributed by atoms with Crippen LogP contribution in [-0.4, -0.2) is 22.4 Å². The highest BCUT2D eigenvalue weighted by Crippen LogP contribution is 2.20. The van der Waals surface area contributed by atoms with Crippen molar-refractivity contribution in [1.29, 1.82) is 0 Å². The van der Waals surface area contributed by atoms with Crippen molar-refractivity contribution in [3.8, 4) is 0 Å². The maximum absolute atomic E-state index is 10.2. The molecule has 3 atom stereocenters. The van der Waals surface area contributed by atoms with E-state index in [4.69, 9.17) is 0 Å². The summed E-state index contributed by atoms with van der Waals surface area (Å²) in [5.41, 5.74) is 0. The van der Waals surface area contributed by atoms with Crippen LogP contribution in [0.3, 0.4) is 0 Å². The van der Waals surface area contributed by atoms with Crippen LogP contribution in [0.25, 0.3) is 0 Å². The molecule has 152 valence electrons. The zero-order valence-electron chi connectivity index (χ0n) is 17.6. The van der Waals surface area contributed by atoms with Crippen LogP contribution in [-0.2, 0) is 0 Å². The Morgan fingerprint density at radius 3 is 1.48 bits per heavy atom. The fraction of sp³-hybridized carbons (Fsp3) is 1.00. The predicted molar refractivity (Wildman–Crippen MR) is 111 cm³/mol. The Bertz CT molecular complexity index is 254. The van der Waals surface area contributed by atoms with Crippen molar-refractivity contribution in [3.05, 3.63) is 0 Å². The molecule has 0 amide bonds. The van der Waals surface area contributed by atoms with Crippen LogP contribution in [0.5, 0.6) is 0 Å². The monoisotopic (exact) mass is 356 g/mol. The zero-order chi connectivity index (χ0) is 18.8. The minimum Gasteiger partial charge on any atom is -0.393 e. The van der Waals surface area contributed by atoms with Crippen molar-refractivity contribution in [2.45, 2.75) is 142 Å². The Kier molecular flexibility index (Phi) is 18.6. The summed E-state index contributed by atoms with van der Waals surface area (Å²) >= 11 is 0. The molecule has 0 aromatic carbocycles. The number of hydrogen-bond donors (Lipinski definition) is 2. The topological polar surface area (TPSA) is 40.5 Å². The van der Waals surface area contributed by atoms with E-state index < -0.39 is 0 Å². The smallest absolute Gasteiger partial charge is 0.0542 e. The van der Waals surface area contributed by atoms with Crippen molar-refractivity contribution in [1.82, 2.24) is 0 Å². The molecule has 0 aliphatic rings. The van der Waals surface area contributed by atoms with Gasteiger partial charge in [-0.15, -0.1) is 0 Å². The number of aliphatic hydroxyl groups is 2. The van der Waals surface area contributed by atoms with Gasteiger partial charge in [0.15, 0.2) is 0 Å². The second-order valence-electron chi connectivity index (χ2n) is 8.34. The lowest BCUT2D eigenvalue weighted by atomic mass is 9.93. The molecule has 0 rings (SSSR count). The molecule has 0 bridgehead atoms. The van der Waals surface area contributed by atoms with Crippen LogP contribution in [0.4, 0.5) is 0 Å². The highest BCUT2D eigenvalue weighted by Gasteiger charge is 2.12. The molecule has 0 heterocycles. The Labute approximate surface area is 158 Å². The number of rotatable bonds is 19. The summed E-state index contributed by atoms with van der Waals surface area (Å²) in [7, 11) is 0. The van der Waals surface area contributed by atoms with Crippen LogP contribution in [0.1, 0.15) is 130 Å². The van der Waals surface area contributed by atoms with E-state index in [2.05, 4.69) is 20.8 Å². The molecule has 0 saturated heterocycles. The lowest BCUT2D eigenvalue weighted by Crippen LogP contribution is -2.14. The lowest BCUT2D eigenvalue weighted by molar-refractivity contribution is 0.114. The van der Waals surface area contributed by atoms with Gasteiger partial charge in [0.2, 0.25) is 0 Å². The van der Waals surface area contributed by atoms with E-state index in [1.807, 2.05) is 0 Å². The molecule has 2 N–H and O–H groups in total. The summed E-state index contributed by atoms with van der Waals surface area (Å²) in [6.45, 7) is 6.72. The van der Waals surface area contributed by atoms with Gasteiger partial charge in [-0.05, 0) is 38.0 Å². The fourth-order valence-electron chi connectivity index (χ4n) is 3.64. The van der Waals surface area contributed by atoms with Gasteiger partial charge in [-0.3, -0.25) is 0 Å². The first-order valence-corrected chi connectivity index (χ1v) is 11.5. The second-order valence-corrected chi connectivity index (χ2v) is 8.34. The van der Waals surface area contributed by atoms with Gasteiger partial charge in [0.1, 0.15) is 0 Å². The van der Waals surface area contributed by atoms with E-state index in [9.17, 15) is 10.2 Å². The van der Waals surface area contributed by atoms with Gasteiger partial charge in [-0.25, -0.2) is 0 Å². The van der Waals surface area contributed by atoms with Crippen molar-refractivity contribution < 1.29 is 10.2 Å². The lowest BCUT2D eigenvalue weighted by Gasteiger charge is -2.18. The van der Waals surface area contributed by atoms with E-state index in [-0.39, 0.29) is 12.2 Å². The first kappa shape index (κ1) is 24.9. The van der Waals surface area contributed by atoms with Gasteiger partial charge in [0.05, 0.1) is 12.2 Å². The van der Waals surface area contributed by atoms with Gasteiger partial charge in [-0.1, -0.05) is 97.8 Å². The van der Waals surface area contributed by atoms with Crippen LogP contribution in [0.2, 0.25) is 0 Å². The van der Waals surface area contributed by atoms with Gasteiger partial charge in [0.25, 0.3) is 0 Å². The number of unbranched alkanes of at least 4 members (excludes halogenated alkanes) is 10. The van der Waals surface area contributed by atoms with Crippen LogP contribution in [0, 0.1) is 5.92 Å². The molecule has 0 aromatic rings. The summed E-state index contributed by atoms with van der Waals surface area (Å²) in [4.78, 5) is 0. The Morgan fingerprint density at radius 2 is 0.960 bits per heavy atom. The molecule has 0 aromatic heterocycles. The normalized spacial score (nSPS) is 15.2. The predicted octanol–water partition coefficient (Wildman–Crippen LogP) is 7.02. The Morgan fingerprint density at radius 1 is 0.520 bits per heavy atom. The first-order chi connectivity index (χ1) is 12.1. The SMILES string of the molecule is CCCCCCCCC(O)CCC(C)CC(O)CCCCCCCC. The van der Waals surface area contributed by atoms with E-state index in [1.165, 1.54) is 70.6 Å². The summed E-state index contributed by atoms with van der Waals surface area (Å²) in [5.74, 6) is 0.522. The third-order valence-electron chi connectivity index (χ3n) is 5.45. The van der Waals surface area contributed by atoms with Crippen molar-refractivity contribution in [2.24, 2.45) is 5.92 Å². The third kappa shape index (κ3) is 18.5. The molecule has 2 heteroatoms. The van der Waals surface area contributed by atoms with Crippen molar-refractivity contribution in [2.75, 3.05) is 0 Å². The summed E-state index contributed by atoms with van der Waals surface area (Å²) < 4.78 is 0. The molecular formula is C23H48O2. The van der Waals surface area contributed by atoms with Crippen molar-refractivity contribution in [3.63, 3.8) is 0 Å². The molecule has 2 nitrogen and oxygen atoms in total. The van der Waals surface area contributed by atoms with Gasteiger partial charge in [-0.2, -0.15) is 0 Å². The van der Waals surface area contributed by atoms with Crippen molar-refractivity contribution >= 4 is 0 Å². The third-order valence-corrected chi connectivity index (χ3v) is 5.45. The van der Waals surface area contributed by atoms with E-state index >= 15 is 0 Å². The molecule has 3 unspecified atom stereocenters. The zero-order valence-corrected chi connectivity index (χ0v) is 17.6. The van der Waals surface area contributed by atoms with Crippen LogP contribution >= 0.6 is 0 Å². The van der Waals surface area contributed by atoms with Crippen LogP contribution in [0.15, 0.2) is 0 Å². The molecule has 25 heavy (non-hydrogen) atoms. The molecule has 0 aliphatic carbocycles.